The summed E-state index contributed by atoms with van der Waals surface area (Å²) in [4.78, 5) is 0. The number of hydrogen-bond acceptors (Lipinski definition) is 0. The van der Waals surface area contributed by atoms with Gasteiger partial charge in [0.25, 0.3) is 0 Å². The Morgan fingerprint density at radius 2 is 1.60 bits per heavy atom. The zero-order valence-corrected chi connectivity index (χ0v) is 6.69. The zero-order chi connectivity index (χ0) is 6.69. The third-order valence-electron chi connectivity index (χ3n) is 2.71. The number of rotatable bonds is 1. The molecule has 1 saturated carbocycles. The summed E-state index contributed by atoms with van der Waals surface area (Å²) in [7, 11) is 0. The van der Waals surface area contributed by atoms with E-state index in [2.05, 4.69) is 13.8 Å². The molecule has 62 valence electrons. The fraction of sp³-hybridized carbons (Fsp3) is 1.00. The first kappa shape index (κ1) is 10.0. The van der Waals surface area contributed by atoms with Gasteiger partial charge < -0.3 is 0 Å². The molecule has 0 amide bonds. The molecule has 0 heteroatoms. The molecule has 0 aromatic rings. The molecule has 0 atom stereocenters. The lowest BCUT2D eigenvalue weighted by molar-refractivity contribution is 0.284. The van der Waals surface area contributed by atoms with Crippen LogP contribution in [0.3, 0.4) is 0 Å². The SMILES string of the molecule is C.CCC1CCC(C)CC1. The van der Waals surface area contributed by atoms with Crippen molar-refractivity contribution in [2.75, 3.05) is 0 Å². The van der Waals surface area contributed by atoms with Crippen LogP contribution in [0.5, 0.6) is 0 Å². The molecule has 0 N–H and O–H groups in total. The summed E-state index contributed by atoms with van der Waals surface area (Å²) in [6.07, 6.45) is 7.37. The lowest BCUT2D eigenvalue weighted by Gasteiger charge is -2.24. The Labute approximate surface area is 66.0 Å². The van der Waals surface area contributed by atoms with E-state index in [0.29, 0.717) is 0 Å². The maximum absolute atomic E-state index is 2.38. The molecule has 0 aromatic carbocycles. The second kappa shape index (κ2) is 4.76. The van der Waals surface area contributed by atoms with Gasteiger partial charge in [0.05, 0.1) is 0 Å². The van der Waals surface area contributed by atoms with Crippen LogP contribution in [-0.4, -0.2) is 0 Å². The second-order valence-corrected chi connectivity index (χ2v) is 3.53. The van der Waals surface area contributed by atoms with E-state index in [0.717, 1.165) is 11.8 Å². The fourth-order valence-corrected chi connectivity index (χ4v) is 1.74. The Morgan fingerprint density at radius 3 is 2.00 bits per heavy atom. The largest absolute Gasteiger partial charge is 0.0776 e. The van der Waals surface area contributed by atoms with Gasteiger partial charge >= 0.3 is 0 Å². The molecule has 0 heterocycles. The van der Waals surface area contributed by atoms with Gasteiger partial charge in [-0.15, -0.1) is 0 Å². The van der Waals surface area contributed by atoms with Gasteiger partial charge in [0.1, 0.15) is 0 Å². The first-order chi connectivity index (χ1) is 4.33. The van der Waals surface area contributed by atoms with Crippen LogP contribution < -0.4 is 0 Å². The highest BCUT2D eigenvalue weighted by Gasteiger charge is 2.15. The highest BCUT2D eigenvalue weighted by Crippen LogP contribution is 2.29. The van der Waals surface area contributed by atoms with Crippen LogP contribution in [0.2, 0.25) is 0 Å². The molecule has 1 rings (SSSR count). The summed E-state index contributed by atoms with van der Waals surface area (Å²) in [6.45, 7) is 4.70. The normalized spacial score (nSPS) is 33.0. The topological polar surface area (TPSA) is 0 Å². The Hall–Kier alpha value is 0. The monoisotopic (exact) mass is 142 g/mol. The van der Waals surface area contributed by atoms with Gasteiger partial charge in [0.15, 0.2) is 0 Å². The van der Waals surface area contributed by atoms with Crippen LogP contribution >= 0.6 is 0 Å². The Balaban J connectivity index is 0.000000810. The van der Waals surface area contributed by atoms with Gasteiger partial charge in [0, 0.05) is 0 Å². The van der Waals surface area contributed by atoms with Crippen LogP contribution in [0.25, 0.3) is 0 Å². The minimum absolute atomic E-state index is 0. The smallest absolute Gasteiger partial charge is 0.0417 e. The molecule has 0 bridgehead atoms. The van der Waals surface area contributed by atoms with E-state index in [1.165, 1.54) is 32.1 Å². The van der Waals surface area contributed by atoms with E-state index in [4.69, 9.17) is 0 Å². The first-order valence-corrected chi connectivity index (χ1v) is 4.33. The standard InChI is InChI=1S/C9H18.CH4/c1-3-9-6-4-8(2)5-7-9;/h8-9H,3-7H2,1-2H3;1H4. The van der Waals surface area contributed by atoms with Crippen LogP contribution in [0.15, 0.2) is 0 Å². The van der Waals surface area contributed by atoms with E-state index in [1.807, 2.05) is 0 Å². The van der Waals surface area contributed by atoms with Crippen molar-refractivity contribution in [1.29, 1.82) is 0 Å². The van der Waals surface area contributed by atoms with Gasteiger partial charge in [-0.3, -0.25) is 0 Å². The van der Waals surface area contributed by atoms with Crippen molar-refractivity contribution in [2.24, 2.45) is 11.8 Å². The van der Waals surface area contributed by atoms with Crippen molar-refractivity contribution in [3.05, 3.63) is 0 Å². The summed E-state index contributed by atoms with van der Waals surface area (Å²) in [5, 5.41) is 0. The summed E-state index contributed by atoms with van der Waals surface area (Å²) < 4.78 is 0. The molecule has 10 heavy (non-hydrogen) atoms. The molecule has 1 aliphatic rings. The Kier molecular flexibility index (Phi) is 4.76. The molecule has 0 nitrogen and oxygen atoms in total. The first-order valence-electron chi connectivity index (χ1n) is 4.33. The Morgan fingerprint density at radius 1 is 1.10 bits per heavy atom. The summed E-state index contributed by atoms with van der Waals surface area (Å²) in [6, 6.07) is 0. The van der Waals surface area contributed by atoms with Crippen molar-refractivity contribution in [1.82, 2.24) is 0 Å². The van der Waals surface area contributed by atoms with Crippen LogP contribution in [-0.2, 0) is 0 Å². The van der Waals surface area contributed by atoms with Crippen LogP contribution in [0.4, 0.5) is 0 Å². The van der Waals surface area contributed by atoms with Crippen molar-refractivity contribution in [3.63, 3.8) is 0 Å². The maximum atomic E-state index is 2.38. The second-order valence-electron chi connectivity index (χ2n) is 3.53. The summed E-state index contributed by atoms with van der Waals surface area (Å²) in [5.41, 5.74) is 0. The molecule has 0 saturated heterocycles. The average Bonchev–Trinajstić information content (AvgIpc) is 1.90. The molecule has 1 fully saturated rings. The number of hydrogen-bond donors (Lipinski definition) is 0. The van der Waals surface area contributed by atoms with Gasteiger partial charge in [0.2, 0.25) is 0 Å². The third kappa shape index (κ3) is 2.72. The molecule has 0 aliphatic heterocycles. The lowest BCUT2D eigenvalue weighted by Crippen LogP contribution is -2.10. The van der Waals surface area contributed by atoms with Crippen molar-refractivity contribution in [3.8, 4) is 0 Å². The zero-order valence-electron chi connectivity index (χ0n) is 6.69. The average molecular weight is 142 g/mol. The lowest BCUT2D eigenvalue weighted by atomic mass is 9.82. The van der Waals surface area contributed by atoms with Crippen molar-refractivity contribution < 1.29 is 0 Å². The van der Waals surface area contributed by atoms with Gasteiger partial charge in [-0.25, -0.2) is 0 Å². The third-order valence-corrected chi connectivity index (χ3v) is 2.71. The molecule has 0 radical (unpaired) electrons. The van der Waals surface area contributed by atoms with E-state index >= 15 is 0 Å². The highest BCUT2D eigenvalue weighted by molar-refractivity contribution is 4.68. The molecular weight excluding hydrogens is 120 g/mol. The molecule has 0 spiro atoms. The van der Waals surface area contributed by atoms with Gasteiger partial charge in [-0.2, -0.15) is 0 Å². The molecule has 1 aliphatic carbocycles. The highest BCUT2D eigenvalue weighted by atomic mass is 14.2. The van der Waals surface area contributed by atoms with Gasteiger partial charge in [-0.1, -0.05) is 53.4 Å². The van der Waals surface area contributed by atoms with Crippen LogP contribution in [0, 0.1) is 11.8 Å². The van der Waals surface area contributed by atoms with E-state index < -0.39 is 0 Å². The van der Waals surface area contributed by atoms with E-state index in [9.17, 15) is 0 Å². The predicted molar refractivity (Wildman–Crippen MR) is 48.1 cm³/mol. The minimum atomic E-state index is 0. The van der Waals surface area contributed by atoms with Gasteiger partial charge in [-0.05, 0) is 11.8 Å². The van der Waals surface area contributed by atoms with E-state index in [-0.39, 0.29) is 7.43 Å². The summed E-state index contributed by atoms with van der Waals surface area (Å²) >= 11 is 0. The molecular formula is C10H22. The van der Waals surface area contributed by atoms with Crippen molar-refractivity contribution in [2.45, 2.75) is 53.4 Å². The van der Waals surface area contributed by atoms with Crippen LogP contribution in [0.1, 0.15) is 53.4 Å². The molecule has 0 unspecified atom stereocenters. The summed E-state index contributed by atoms with van der Waals surface area (Å²) in [5.74, 6) is 2.09. The quantitative estimate of drug-likeness (QED) is 0.521. The predicted octanol–water partition coefficient (Wildman–Crippen LogP) is 3.86. The molecule has 0 aromatic heterocycles. The fourth-order valence-electron chi connectivity index (χ4n) is 1.74. The Bertz CT molecular complexity index is 68.1. The maximum Gasteiger partial charge on any atom is -0.0417 e. The van der Waals surface area contributed by atoms with E-state index in [1.54, 1.807) is 0 Å². The van der Waals surface area contributed by atoms with Crippen molar-refractivity contribution >= 4 is 0 Å². The minimum Gasteiger partial charge on any atom is -0.0776 e.